The Morgan fingerprint density at radius 2 is 1.51 bits per heavy atom. The maximum atomic E-state index is 11.3. The van der Waals surface area contributed by atoms with Gasteiger partial charge in [-0.2, -0.15) is 5.11 Å². The van der Waals surface area contributed by atoms with Gasteiger partial charge in [-0.3, -0.25) is 0 Å². The first-order valence-electron chi connectivity index (χ1n) is 13.4. The van der Waals surface area contributed by atoms with Gasteiger partial charge in [0.05, 0.1) is 17.1 Å². The lowest BCUT2D eigenvalue weighted by Crippen LogP contribution is -2.46. The Balaban J connectivity index is 1.51. The van der Waals surface area contributed by atoms with Gasteiger partial charge in [-0.1, -0.05) is 66.1 Å². The average Bonchev–Trinajstić information content (AvgIpc) is 3.40. The molecule has 5 rings (SSSR count). The topological polar surface area (TPSA) is 86.3 Å². The van der Waals surface area contributed by atoms with Crippen molar-refractivity contribution in [2.75, 3.05) is 11.4 Å². The normalized spacial score (nSPS) is 18.9. The van der Waals surface area contributed by atoms with Crippen molar-refractivity contribution < 1.29 is 5.11 Å². The van der Waals surface area contributed by atoms with Crippen LogP contribution in [-0.4, -0.2) is 39.4 Å². The summed E-state index contributed by atoms with van der Waals surface area (Å²) in [5.41, 5.74) is 7.86. The van der Waals surface area contributed by atoms with Crippen molar-refractivity contribution in [1.82, 2.24) is 9.97 Å². The van der Waals surface area contributed by atoms with E-state index in [1.807, 2.05) is 0 Å². The summed E-state index contributed by atoms with van der Waals surface area (Å²) in [5, 5.41) is 23.1. The van der Waals surface area contributed by atoms with E-state index in [1.165, 1.54) is 11.1 Å². The van der Waals surface area contributed by atoms with Crippen LogP contribution in [0.2, 0.25) is 0 Å². The van der Waals surface area contributed by atoms with Gasteiger partial charge in [0.15, 0.2) is 5.82 Å². The highest BCUT2D eigenvalue weighted by molar-refractivity contribution is 5.87. The zero-order valence-corrected chi connectivity index (χ0v) is 22.2. The monoisotopic (exact) mass is 496 g/mol. The molecule has 2 aliphatic heterocycles. The number of unbranched alkanes of at least 4 members (excludes halogenated alkanes) is 1. The van der Waals surface area contributed by atoms with E-state index in [9.17, 15) is 5.11 Å². The van der Waals surface area contributed by atoms with Gasteiger partial charge in [-0.15, -0.1) is 5.10 Å². The van der Waals surface area contributed by atoms with Gasteiger partial charge in [0.1, 0.15) is 18.3 Å². The zero-order valence-electron chi connectivity index (χ0n) is 22.2. The average molecular weight is 497 g/mol. The third-order valence-corrected chi connectivity index (χ3v) is 7.31. The Bertz CT molecular complexity index is 1300. The lowest BCUT2D eigenvalue weighted by molar-refractivity contribution is 0.139. The molecule has 1 aromatic heterocycles. The molecule has 2 atom stereocenters. The van der Waals surface area contributed by atoms with E-state index in [2.05, 4.69) is 96.6 Å². The highest BCUT2D eigenvalue weighted by Crippen LogP contribution is 2.41. The van der Waals surface area contributed by atoms with Gasteiger partial charge >= 0.3 is 0 Å². The van der Waals surface area contributed by atoms with E-state index in [1.54, 1.807) is 0 Å². The number of nitrogens with zero attached hydrogens (tertiary/aromatic N) is 6. The van der Waals surface area contributed by atoms with Crippen molar-refractivity contribution in [1.29, 1.82) is 0 Å². The molecule has 0 saturated carbocycles. The number of benzene rings is 2. The van der Waals surface area contributed by atoms with Crippen LogP contribution in [0.1, 0.15) is 68.9 Å². The summed E-state index contributed by atoms with van der Waals surface area (Å²) in [4.78, 5) is 12.8. The van der Waals surface area contributed by atoms with E-state index in [4.69, 9.17) is 9.97 Å². The van der Waals surface area contributed by atoms with Crippen LogP contribution in [0.4, 0.5) is 5.82 Å². The van der Waals surface area contributed by atoms with Gasteiger partial charge in [-0.05, 0) is 58.6 Å². The van der Waals surface area contributed by atoms with Crippen LogP contribution in [0.3, 0.4) is 0 Å². The number of aliphatic hydroxyl groups excluding tert-OH is 1. The van der Waals surface area contributed by atoms with Gasteiger partial charge in [-0.25, -0.2) is 9.97 Å². The van der Waals surface area contributed by atoms with Crippen LogP contribution in [0.5, 0.6) is 0 Å². The van der Waals surface area contributed by atoms with E-state index in [0.29, 0.717) is 18.7 Å². The van der Waals surface area contributed by atoms with Crippen LogP contribution in [-0.2, 0) is 0 Å². The summed E-state index contributed by atoms with van der Waals surface area (Å²) in [6, 6.07) is 17.3. The number of aryl methyl sites for hydroxylation is 2. The minimum Gasteiger partial charge on any atom is -0.387 e. The Hall–Kier alpha value is -3.45. The highest BCUT2D eigenvalue weighted by atomic mass is 16.3. The summed E-state index contributed by atoms with van der Waals surface area (Å²) in [5.74, 6) is 0.808. The molecule has 0 spiro atoms. The molecule has 37 heavy (non-hydrogen) atoms. The molecule has 0 fully saturated rings. The van der Waals surface area contributed by atoms with Crippen molar-refractivity contribution in [2.24, 2.45) is 15.4 Å². The summed E-state index contributed by atoms with van der Waals surface area (Å²) in [6.45, 7) is 9.21. The third-order valence-electron chi connectivity index (χ3n) is 7.31. The van der Waals surface area contributed by atoms with Crippen molar-refractivity contribution in [3.8, 4) is 22.5 Å². The van der Waals surface area contributed by atoms with Crippen LogP contribution >= 0.6 is 0 Å². The maximum Gasteiger partial charge on any atom is 0.154 e. The second kappa shape index (κ2) is 10.9. The Morgan fingerprint density at radius 3 is 2.08 bits per heavy atom. The van der Waals surface area contributed by atoms with Gasteiger partial charge in [0.2, 0.25) is 0 Å². The van der Waals surface area contributed by atoms with Crippen molar-refractivity contribution in [3.05, 3.63) is 65.4 Å². The predicted octanol–water partition coefficient (Wildman–Crippen LogP) is 6.83. The summed E-state index contributed by atoms with van der Waals surface area (Å²) in [6.07, 6.45) is 4.02. The molecule has 2 aromatic carbocycles. The largest absolute Gasteiger partial charge is 0.387 e. The number of aliphatic hydroxyl groups is 1. The smallest absolute Gasteiger partial charge is 0.154 e. The molecule has 7 nitrogen and oxygen atoms in total. The first-order chi connectivity index (χ1) is 17.9. The SMILES string of the molecule is Cc1ccc(-c2nc3c(nc2-c2ccc(C)cc2)N(C(C)C)C(CCCCC2=NN=NC2)CC3O)cc1. The molecule has 192 valence electrons. The Morgan fingerprint density at radius 1 is 0.892 bits per heavy atom. The molecule has 3 aromatic rings. The first kappa shape index (κ1) is 25.2. The Kier molecular flexibility index (Phi) is 7.42. The molecular weight excluding hydrogens is 460 g/mol. The van der Waals surface area contributed by atoms with Crippen LogP contribution in [0, 0.1) is 13.8 Å². The van der Waals surface area contributed by atoms with Gasteiger partial charge in [0, 0.05) is 23.2 Å². The highest BCUT2D eigenvalue weighted by Gasteiger charge is 2.36. The fourth-order valence-electron chi connectivity index (χ4n) is 5.34. The molecule has 7 heteroatoms. The second-order valence-electron chi connectivity index (χ2n) is 10.6. The van der Waals surface area contributed by atoms with E-state index >= 15 is 0 Å². The molecule has 1 N–H and O–H groups in total. The number of hydrogen-bond acceptors (Lipinski definition) is 7. The molecule has 3 heterocycles. The van der Waals surface area contributed by atoms with E-state index < -0.39 is 6.10 Å². The van der Waals surface area contributed by atoms with E-state index in [0.717, 1.165) is 59.7 Å². The molecular formula is C30H36N6O. The molecule has 0 radical (unpaired) electrons. The quantitative estimate of drug-likeness (QED) is 0.346. The fraction of sp³-hybridized carbons (Fsp3) is 0.433. The van der Waals surface area contributed by atoms with Crippen molar-refractivity contribution in [2.45, 2.75) is 78.0 Å². The number of aromatic nitrogens is 2. The lowest BCUT2D eigenvalue weighted by Gasteiger charge is -2.42. The van der Waals surface area contributed by atoms with E-state index in [-0.39, 0.29) is 12.1 Å². The summed E-state index contributed by atoms with van der Waals surface area (Å²) >= 11 is 0. The number of rotatable bonds is 8. The summed E-state index contributed by atoms with van der Waals surface area (Å²) in [7, 11) is 0. The predicted molar refractivity (Wildman–Crippen MR) is 149 cm³/mol. The standard InChI is InChI=1S/C30H36N6O/c1-19(2)36-25(8-6-5-7-24-18-31-35-34-24)17-26(37)29-30(36)33-28(23-15-11-21(4)12-16-23)27(32-29)22-13-9-20(3)10-14-22/h9-16,19,25-26,37H,5-8,17-18H2,1-4H3. The van der Waals surface area contributed by atoms with Crippen molar-refractivity contribution >= 4 is 11.5 Å². The maximum absolute atomic E-state index is 11.3. The molecule has 2 unspecified atom stereocenters. The zero-order chi connectivity index (χ0) is 25.9. The van der Waals surface area contributed by atoms with Gasteiger partial charge < -0.3 is 10.0 Å². The molecule has 0 amide bonds. The molecule has 0 saturated heterocycles. The number of hydrogen-bond donors (Lipinski definition) is 1. The second-order valence-corrected chi connectivity index (χ2v) is 10.6. The third kappa shape index (κ3) is 5.47. The first-order valence-corrected chi connectivity index (χ1v) is 13.4. The minimum atomic E-state index is -0.643. The van der Waals surface area contributed by atoms with Crippen molar-refractivity contribution in [3.63, 3.8) is 0 Å². The number of anilines is 1. The Labute approximate surface area is 219 Å². The minimum absolute atomic E-state index is 0.202. The van der Waals surface area contributed by atoms with Gasteiger partial charge in [0.25, 0.3) is 0 Å². The fourth-order valence-corrected chi connectivity index (χ4v) is 5.34. The van der Waals surface area contributed by atoms with Crippen LogP contribution < -0.4 is 4.90 Å². The molecule has 2 aliphatic rings. The number of fused-ring (bicyclic) bond motifs is 1. The van der Waals surface area contributed by atoms with Crippen LogP contribution in [0.25, 0.3) is 22.5 Å². The molecule has 0 bridgehead atoms. The summed E-state index contributed by atoms with van der Waals surface area (Å²) < 4.78 is 0. The lowest BCUT2D eigenvalue weighted by atomic mass is 9.92. The molecule has 0 aliphatic carbocycles. The van der Waals surface area contributed by atoms with Crippen LogP contribution in [0.15, 0.2) is 64.0 Å².